The largest absolute Gasteiger partial charge is 0.327 e. The van der Waals surface area contributed by atoms with Crippen LogP contribution in [0.15, 0.2) is 12.5 Å². The van der Waals surface area contributed by atoms with Crippen molar-refractivity contribution in [1.82, 2.24) is 9.55 Å². The van der Waals surface area contributed by atoms with Crippen LogP contribution in [0.3, 0.4) is 0 Å². The van der Waals surface area contributed by atoms with E-state index in [0.29, 0.717) is 11.3 Å². The van der Waals surface area contributed by atoms with Gasteiger partial charge in [-0.05, 0) is 91.8 Å². The monoisotopic (exact) mass is 400 g/mol. The summed E-state index contributed by atoms with van der Waals surface area (Å²) in [4.78, 5) is 16.8. The molecule has 4 aliphatic rings. The van der Waals surface area contributed by atoms with E-state index in [-0.39, 0.29) is 23.7 Å². The number of aromatic nitrogens is 2. The predicted molar refractivity (Wildman–Crippen MR) is 112 cm³/mol. The maximum atomic E-state index is 13.2. The summed E-state index contributed by atoms with van der Waals surface area (Å²) in [5.41, 5.74) is 0.676. The molecule has 0 saturated heterocycles. The lowest BCUT2D eigenvalue weighted by molar-refractivity contribution is -0.137. The molecule has 0 spiro atoms. The van der Waals surface area contributed by atoms with Crippen molar-refractivity contribution >= 4 is 5.78 Å². The molecule has 8 unspecified atom stereocenters. The summed E-state index contributed by atoms with van der Waals surface area (Å²) < 4.78 is 14.9. The van der Waals surface area contributed by atoms with Crippen LogP contribution in [0.5, 0.6) is 0 Å². The Labute approximate surface area is 174 Å². The molecule has 8 atom stereocenters. The van der Waals surface area contributed by atoms with Crippen LogP contribution in [0.1, 0.15) is 78.6 Å². The molecular weight excluding hydrogens is 363 g/mol. The molecule has 0 aliphatic heterocycles. The molecular formula is C25H37FN2O. The average Bonchev–Trinajstić information content (AvgIpc) is 3.24. The van der Waals surface area contributed by atoms with Gasteiger partial charge < -0.3 is 4.57 Å². The van der Waals surface area contributed by atoms with Gasteiger partial charge in [-0.1, -0.05) is 27.2 Å². The summed E-state index contributed by atoms with van der Waals surface area (Å²) in [5, 5.41) is 0. The van der Waals surface area contributed by atoms with E-state index in [9.17, 15) is 9.18 Å². The first kappa shape index (κ1) is 19.8. The van der Waals surface area contributed by atoms with Crippen LogP contribution in [-0.2, 0) is 11.3 Å². The Hall–Kier alpha value is -1.19. The summed E-state index contributed by atoms with van der Waals surface area (Å²) in [6, 6.07) is 0. The van der Waals surface area contributed by atoms with E-state index in [1.807, 2.05) is 0 Å². The highest BCUT2D eigenvalue weighted by Gasteiger charge is 2.60. The van der Waals surface area contributed by atoms with Crippen molar-refractivity contribution in [3.63, 3.8) is 0 Å². The number of imidazole rings is 1. The third kappa shape index (κ3) is 3.03. The highest BCUT2D eigenvalue weighted by Crippen LogP contribution is 2.67. The van der Waals surface area contributed by atoms with Crippen molar-refractivity contribution in [3.8, 4) is 0 Å². The third-order valence-corrected chi connectivity index (χ3v) is 10.3. The first-order valence-corrected chi connectivity index (χ1v) is 12.0. The van der Waals surface area contributed by atoms with Crippen LogP contribution in [0.2, 0.25) is 0 Å². The van der Waals surface area contributed by atoms with Crippen LogP contribution in [0.25, 0.3) is 0 Å². The Balaban J connectivity index is 1.35. The fourth-order valence-electron chi connectivity index (χ4n) is 8.71. The van der Waals surface area contributed by atoms with Crippen LogP contribution < -0.4 is 0 Å². The van der Waals surface area contributed by atoms with Crippen molar-refractivity contribution in [2.24, 2.45) is 46.3 Å². The van der Waals surface area contributed by atoms with Crippen molar-refractivity contribution in [3.05, 3.63) is 18.5 Å². The number of hydrogen-bond donors (Lipinski definition) is 0. The highest BCUT2D eigenvalue weighted by atomic mass is 19.1. The van der Waals surface area contributed by atoms with E-state index in [0.717, 1.165) is 30.1 Å². The number of nitrogens with zero attached hydrogens (tertiary/aromatic N) is 2. The van der Waals surface area contributed by atoms with Gasteiger partial charge in [-0.25, -0.2) is 4.98 Å². The summed E-state index contributed by atoms with van der Waals surface area (Å²) in [6.07, 6.45) is 14.6. The molecule has 1 heterocycles. The molecule has 5 rings (SSSR count). The van der Waals surface area contributed by atoms with Gasteiger partial charge in [0.15, 0.2) is 5.78 Å². The standard InChI is InChI=1S/C25H37FN2O/c1-16-8-10-24(2)17(12-16)4-5-18-19-6-7-21(25(19,3)11-9-20(18)24)22(29)13-28-14-23(26)27-15-28/h14-21H,4-13H2,1-3H3. The van der Waals surface area contributed by atoms with Gasteiger partial charge in [0.1, 0.15) is 0 Å². The second-order valence-corrected chi connectivity index (χ2v) is 11.5. The van der Waals surface area contributed by atoms with Gasteiger partial charge in [-0.15, -0.1) is 0 Å². The van der Waals surface area contributed by atoms with Crippen molar-refractivity contribution in [2.75, 3.05) is 0 Å². The second kappa shape index (κ2) is 6.92. The van der Waals surface area contributed by atoms with Crippen LogP contribution in [0.4, 0.5) is 4.39 Å². The minimum Gasteiger partial charge on any atom is -0.327 e. The first-order chi connectivity index (χ1) is 13.8. The van der Waals surface area contributed by atoms with Crippen molar-refractivity contribution in [1.29, 1.82) is 0 Å². The van der Waals surface area contributed by atoms with Gasteiger partial charge in [0.2, 0.25) is 5.95 Å². The summed E-state index contributed by atoms with van der Waals surface area (Å²) in [7, 11) is 0. The van der Waals surface area contributed by atoms with Gasteiger partial charge in [-0.2, -0.15) is 4.39 Å². The Morgan fingerprint density at radius 2 is 1.86 bits per heavy atom. The minimum absolute atomic E-state index is 0.135. The van der Waals surface area contributed by atoms with Crippen LogP contribution >= 0.6 is 0 Å². The van der Waals surface area contributed by atoms with E-state index in [1.54, 1.807) is 4.57 Å². The Bertz CT molecular complexity index is 790. The lowest BCUT2D eigenvalue weighted by Gasteiger charge is -2.61. The molecule has 1 aromatic heterocycles. The van der Waals surface area contributed by atoms with Gasteiger partial charge in [0.05, 0.1) is 19.1 Å². The summed E-state index contributed by atoms with van der Waals surface area (Å²) in [6.45, 7) is 7.75. The van der Waals surface area contributed by atoms with Gasteiger partial charge in [-0.3, -0.25) is 4.79 Å². The maximum Gasteiger partial charge on any atom is 0.230 e. The zero-order valence-corrected chi connectivity index (χ0v) is 18.4. The average molecular weight is 401 g/mol. The van der Waals surface area contributed by atoms with Crippen molar-refractivity contribution in [2.45, 2.75) is 85.1 Å². The van der Waals surface area contributed by atoms with Crippen molar-refractivity contribution < 1.29 is 9.18 Å². The Morgan fingerprint density at radius 1 is 1.10 bits per heavy atom. The molecule has 4 heteroatoms. The molecule has 0 N–H and O–H groups in total. The van der Waals surface area contributed by atoms with Gasteiger partial charge in [0.25, 0.3) is 0 Å². The zero-order valence-electron chi connectivity index (χ0n) is 18.4. The molecule has 4 saturated carbocycles. The van der Waals surface area contributed by atoms with E-state index in [2.05, 4.69) is 25.8 Å². The number of carbonyl (C=O) groups excluding carboxylic acids is 1. The topological polar surface area (TPSA) is 34.9 Å². The first-order valence-electron chi connectivity index (χ1n) is 12.0. The number of rotatable bonds is 3. The SMILES string of the molecule is CC1CCC2(C)C(CCC3C2CCC2(C)C(C(=O)Cn4cnc(F)c4)CCC32)C1. The predicted octanol–water partition coefficient (Wildman–Crippen LogP) is 5.89. The molecule has 4 aliphatic carbocycles. The molecule has 0 bridgehead atoms. The smallest absolute Gasteiger partial charge is 0.230 e. The molecule has 3 nitrogen and oxygen atoms in total. The normalized spacial score (nSPS) is 46.6. The molecule has 0 radical (unpaired) electrons. The zero-order chi connectivity index (χ0) is 20.4. The van der Waals surface area contributed by atoms with E-state index in [1.165, 1.54) is 63.9 Å². The van der Waals surface area contributed by atoms with E-state index >= 15 is 0 Å². The number of ketones is 1. The van der Waals surface area contributed by atoms with E-state index in [4.69, 9.17) is 0 Å². The second-order valence-electron chi connectivity index (χ2n) is 11.5. The molecule has 1 aromatic rings. The molecule has 4 fully saturated rings. The summed E-state index contributed by atoms with van der Waals surface area (Å²) in [5.74, 6) is 4.13. The van der Waals surface area contributed by atoms with E-state index < -0.39 is 5.95 Å². The lowest BCUT2D eigenvalue weighted by atomic mass is 9.44. The Kier molecular flexibility index (Phi) is 4.71. The maximum absolute atomic E-state index is 13.2. The quantitative estimate of drug-likeness (QED) is 0.634. The third-order valence-electron chi connectivity index (χ3n) is 10.3. The number of halogens is 1. The highest BCUT2D eigenvalue weighted by molar-refractivity contribution is 5.82. The fourth-order valence-corrected chi connectivity index (χ4v) is 8.71. The number of carbonyl (C=O) groups is 1. The molecule has 0 amide bonds. The molecule has 0 aromatic carbocycles. The van der Waals surface area contributed by atoms with Crippen LogP contribution in [-0.4, -0.2) is 15.3 Å². The lowest BCUT2D eigenvalue weighted by Crippen LogP contribution is -2.53. The molecule has 29 heavy (non-hydrogen) atoms. The van der Waals surface area contributed by atoms with Crippen LogP contribution in [0, 0.1) is 52.3 Å². The summed E-state index contributed by atoms with van der Waals surface area (Å²) >= 11 is 0. The minimum atomic E-state index is -0.499. The number of Topliss-reactive ketones (excluding diaryl/α,β-unsaturated/α-hetero) is 1. The Morgan fingerprint density at radius 3 is 2.62 bits per heavy atom. The number of fused-ring (bicyclic) bond motifs is 5. The molecule has 160 valence electrons. The van der Waals surface area contributed by atoms with Gasteiger partial charge >= 0.3 is 0 Å². The number of hydrogen-bond acceptors (Lipinski definition) is 2. The van der Waals surface area contributed by atoms with Gasteiger partial charge in [0, 0.05) is 5.92 Å². The fraction of sp³-hybridized carbons (Fsp3) is 0.840.